The number of morpholine rings is 1. The monoisotopic (exact) mass is 514 g/mol. The molecule has 0 amide bonds. The van der Waals surface area contributed by atoms with Crippen molar-refractivity contribution in [3.8, 4) is 0 Å². The van der Waals surface area contributed by atoms with Crippen molar-refractivity contribution in [2.45, 2.75) is 32.9 Å². The highest BCUT2D eigenvalue weighted by Gasteiger charge is 2.23. The van der Waals surface area contributed by atoms with Crippen LogP contribution in [-0.2, 0) is 11.3 Å². The van der Waals surface area contributed by atoms with Crippen LogP contribution in [0.1, 0.15) is 20.3 Å². The molecule has 8 heteroatoms. The van der Waals surface area contributed by atoms with Crippen molar-refractivity contribution in [3.05, 3.63) is 30.6 Å². The van der Waals surface area contributed by atoms with Gasteiger partial charge in [0.25, 0.3) is 0 Å². The Bertz CT molecular complexity index is 756. The van der Waals surface area contributed by atoms with Gasteiger partial charge in [-0.05, 0) is 24.5 Å². The first-order valence-electron chi connectivity index (χ1n) is 10.3. The maximum absolute atomic E-state index is 5.49. The first kappa shape index (κ1) is 23.9. The van der Waals surface area contributed by atoms with Crippen LogP contribution in [0.2, 0.25) is 0 Å². The minimum absolute atomic E-state index is 0. The van der Waals surface area contributed by atoms with E-state index in [1.54, 1.807) is 0 Å². The molecular weight excluding hydrogens is 479 g/mol. The molecule has 1 aromatic carbocycles. The molecule has 0 saturated carbocycles. The molecule has 2 aromatic rings. The van der Waals surface area contributed by atoms with Crippen LogP contribution in [0.4, 0.5) is 0 Å². The number of benzene rings is 1. The number of nitrogens with zero attached hydrogens (tertiary/aromatic N) is 4. The van der Waals surface area contributed by atoms with E-state index < -0.39 is 0 Å². The lowest BCUT2D eigenvalue weighted by Crippen LogP contribution is -2.52. The third-order valence-corrected chi connectivity index (χ3v) is 5.38. The number of aliphatic imine (C=N–C) groups is 1. The van der Waals surface area contributed by atoms with Crippen molar-refractivity contribution in [2.24, 2.45) is 10.9 Å². The molecule has 1 atom stereocenters. The van der Waals surface area contributed by atoms with E-state index in [9.17, 15) is 0 Å². The number of guanidine groups is 1. The van der Waals surface area contributed by atoms with Gasteiger partial charge >= 0.3 is 0 Å². The maximum atomic E-state index is 5.49. The van der Waals surface area contributed by atoms with Gasteiger partial charge in [-0.15, -0.1) is 24.0 Å². The van der Waals surface area contributed by atoms with Crippen molar-refractivity contribution in [2.75, 3.05) is 46.4 Å². The summed E-state index contributed by atoms with van der Waals surface area (Å²) in [5.74, 6) is 1.45. The number of nitrogens with one attached hydrogen (secondary N) is 2. The van der Waals surface area contributed by atoms with Gasteiger partial charge in [0.05, 0.1) is 30.6 Å². The Morgan fingerprint density at radius 3 is 2.69 bits per heavy atom. The van der Waals surface area contributed by atoms with Gasteiger partial charge in [0.1, 0.15) is 0 Å². The Balaban J connectivity index is 0.00000300. The highest BCUT2D eigenvalue weighted by Crippen LogP contribution is 2.13. The summed E-state index contributed by atoms with van der Waals surface area (Å²) in [5, 5.41) is 6.95. The first-order valence-corrected chi connectivity index (χ1v) is 10.3. The minimum Gasteiger partial charge on any atom is -0.379 e. The van der Waals surface area contributed by atoms with Crippen LogP contribution in [0.5, 0.6) is 0 Å². The van der Waals surface area contributed by atoms with E-state index in [0.29, 0.717) is 12.0 Å². The molecule has 0 radical (unpaired) electrons. The van der Waals surface area contributed by atoms with Crippen LogP contribution >= 0.6 is 24.0 Å². The number of aryl methyl sites for hydroxylation is 1. The number of fused-ring (bicyclic) bond motifs is 1. The number of aromatic nitrogens is 2. The summed E-state index contributed by atoms with van der Waals surface area (Å²) < 4.78 is 7.70. The summed E-state index contributed by atoms with van der Waals surface area (Å²) in [6.45, 7) is 11.0. The highest BCUT2D eigenvalue weighted by atomic mass is 127. The predicted octanol–water partition coefficient (Wildman–Crippen LogP) is 2.57. The zero-order valence-electron chi connectivity index (χ0n) is 17.8. The van der Waals surface area contributed by atoms with Gasteiger partial charge in [0.15, 0.2) is 5.96 Å². The lowest BCUT2D eigenvalue weighted by atomic mass is 10.0. The van der Waals surface area contributed by atoms with Gasteiger partial charge in [-0.25, -0.2) is 4.98 Å². The second-order valence-corrected chi connectivity index (χ2v) is 7.62. The summed E-state index contributed by atoms with van der Waals surface area (Å²) in [6.07, 6.45) is 2.94. The summed E-state index contributed by atoms with van der Waals surface area (Å²) in [5.41, 5.74) is 2.24. The molecule has 3 rings (SSSR count). The van der Waals surface area contributed by atoms with Gasteiger partial charge < -0.3 is 19.9 Å². The molecule has 0 bridgehead atoms. The molecule has 0 aliphatic carbocycles. The Hall–Kier alpha value is -1.39. The number of imidazole rings is 1. The fourth-order valence-corrected chi connectivity index (χ4v) is 3.76. The number of rotatable bonds is 8. The third kappa shape index (κ3) is 6.82. The molecule has 1 saturated heterocycles. The van der Waals surface area contributed by atoms with E-state index in [1.807, 2.05) is 19.4 Å². The molecule has 1 aliphatic rings. The Morgan fingerprint density at radius 2 is 1.97 bits per heavy atom. The van der Waals surface area contributed by atoms with Crippen molar-refractivity contribution in [1.82, 2.24) is 25.1 Å². The first-order chi connectivity index (χ1) is 13.7. The molecule has 29 heavy (non-hydrogen) atoms. The largest absolute Gasteiger partial charge is 0.379 e. The predicted molar refractivity (Wildman–Crippen MR) is 130 cm³/mol. The average Bonchev–Trinajstić information content (AvgIpc) is 3.13. The van der Waals surface area contributed by atoms with E-state index in [2.05, 4.69) is 62.1 Å². The molecule has 2 N–H and O–H groups in total. The number of hydrogen-bond donors (Lipinski definition) is 2. The number of halogens is 1. The van der Waals surface area contributed by atoms with E-state index in [0.717, 1.165) is 63.8 Å². The van der Waals surface area contributed by atoms with Crippen molar-refractivity contribution in [1.29, 1.82) is 0 Å². The second-order valence-electron chi connectivity index (χ2n) is 7.62. The number of para-hydroxylation sites is 2. The molecule has 0 spiro atoms. The number of ether oxygens (including phenoxy) is 1. The fraction of sp³-hybridized carbons (Fsp3) is 0.619. The quantitative estimate of drug-likeness (QED) is 0.246. The Labute approximate surface area is 191 Å². The maximum Gasteiger partial charge on any atom is 0.191 e. The van der Waals surface area contributed by atoms with Crippen LogP contribution in [0.25, 0.3) is 11.0 Å². The summed E-state index contributed by atoms with van der Waals surface area (Å²) in [4.78, 5) is 11.4. The minimum atomic E-state index is 0. The summed E-state index contributed by atoms with van der Waals surface area (Å²) >= 11 is 0. The van der Waals surface area contributed by atoms with E-state index in [4.69, 9.17) is 4.74 Å². The van der Waals surface area contributed by atoms with E-state index in [-0.39, 0.29) is 24.0 Å². The van der Waals surface area contributed by atoms with Crippen molar-refractivity contribution < 1.29 is 4.74 Å². The molecule has 1 aliphatic heterocycles. The molecule has 1 unspecified atom stereocenters. The average molecular weight is 514 g/mol. The van der Waals surface area contributed by atoms with Gasteiger partial charge in [0, 0.05) is 45.8 Å². The molecule has 162 valence electrons. The van der Waals surface area contributed by atoms with Gasteiger partial charge in [-0.2, -0.15) is 0 Å². The van der Waals surface area contributed by atoms with Crippen LogP contribution in [-0.4, -0.2) is 72.9 Å². The molecular formula is C21H35IN6O. The van der Waals surface area contributed by atoms with Gasteiger partial charge in [-0.3, -0.25) is 9.89 Å². The van der Waals surface area contributed by atoms with E-state index >= 15 is 0 Å². The standard InChI is InChI=1S/C21H34N6O.HI/c1-17(2)20(26-11-13-28-14-12-26)15-24-21(22-3)23-9-6-10-27-16-25-18-7-4-5-8-19(18)27;/h4-5,7-8,16-17,20H,6,9-15H2,1-3H3,(H2,22,23,24);1H. The molecule has 7 nitrogen and oxygen atoms in total. The zero-order chi connectivity index (χ0) is 19.8. The lowest BCUT2D eigenvalue weighted by Gasteiger charge is -2.37. The Kier molecular flexibility index (Phi) is 10.2. The molecule has 1 fully saturated rings. The van der Waals surface area contributed by atoms with E-state index in [1.165, 1.54) is 5.52 Å². The fourth-order valence-electron chi connectivity index (χ4n) is 3.76. The molecule has 1 aromatic heterocycles. The van der Waals surface area contributed by atoms with Gasteiger partial charge in [0.2, 0.25) is 0 Å². The Morgan fingerprint density at radius 1 is 1.21 bits per heavy atom. The number of hydrogen-bond acceptors (Lipinski definition) is 4. The van der Waals surface area contributed by atoms with Crippen LogP contribution < -0.4 is 10.6 Å². The summed E-state index contributed by atoms with van der Waals surface area (Å²) in [6, 6.07) is 8.74. The van der Waals surface area contributed by atoms with Crippen molar-refractivity contribution >= 4 is 41.0 Å². The third-order valence-electron chi connectivity index (χ3n) is 5.38. The normalized spacial score (nSPS) is 16.6. The topological polar surface area (TPSA) is 66.7 Å². The summed E-state index contributed by atoms with van der Waals surface area (Å²) in [7, 11) is 1.83. The van der Waals surface area contributed by atoms with Gasteiger partial charge in [-0.1, -0.05) is 26.0 Å². The highest BCUT2D eigenvalue weighted by molar-refractivity contribution is 14.0. The van der Waals surface area contributed by atoms with Crippen molar-refractivity contribution in [3.63, 3.8) is 0 Å². The SMILES string of the molecule is CN=C(NCCCn1cnc2ccccc21)NCC(C(C)C)N1CCOCC1.I. The van der Waals surface area contributed by atoms with Crippen LogP contribution in [0.15, 0.2) is 35.6 Å². The second kappa shape index (κ2) is 12.3. The van der Waals surface area contributed by atoms with Crippen LogP contribution in [0.3, 0.4) is 0 Å². The zero-order valence-corrected chi connectivity index (χ0v) is 20.1. The molecule has 2 heterocycles. The smallest absolute Gasteiger partial charge is 0.191 e. The van der Waals surface area contributed by atoms with Crippen LogP contribution in [0, 0.1) is 5.92 Å². The lowest BCUT2D eigenvalue weighted by molar-refractivity contribution is 0.00752.